The Balaban J connectivity index is 2.10. The van der Waals surface area contributed by atoms with E-state index in [4.69, 9.17) is 0 Å². The van der Waals surface area contributed by atoms with Crippen molar-refractivity contribution in [3.63, 3.8) is 0 Å². The Hall–Kier alpha value is -1.22. The minimum absolute atomic E-state index is 0.0846. The number of para-hydroxylation sites is 1. The van der Waals surface area contributed by atoms with Crippen LogP contribution >= 0.6 is 11.8 Å². The molecule has 1 aromatic carbocycles. The van der Waals surface area contributed by atoms with Gasteiger partial charge in [-0.2, -0.15) is 0 Å². The van der Waals surface area contributed by atoms with Gasteiger partial charge in [-0.1, -0.05) is 50.7 Å². The number of anilines is 1. The molecule has 0 atom stereocenters. The SMILES string of the molecule is CCCN1C(=CC2=[N+](CC)CCS2)C(C)(C)c2ccccc21. The van der Waals surface area contributed by atoms with Gasteiger partial charge >= 0.3 is 0 Å². The summed E-state index contributed by atoms with van der Waals surface area (Å²) >= 11 is 2.00. The molecule has 0 aromatic heterocycles. The summed E-state index contributed by atoms with van der Waals surface area (Å²) in [4.78, 5) is 2.54. The zero-order chi connectivity index (χ0) is 15.7. The smallest absolute Gasteiger partial charge is 0.236 e. The number of nitrogens with zero attached hydrogens (tertiary/aromatic N) is 2. The molecular formula is C19H27N2S+. The van der Waals surface area contributed by atoms with Crippen LogP contribution in [-0.2, 0) is 5.41 Å². The summed E-state index contributed by atoms with van der Waals surface area (Å²) in [6.07, 6.45) is 3.62. The lowest BCUT2D eigenvalue weighted by molar-refractivity contribution is -0.513. The fraction of sp³-hybridized carbons (Fsp3) is 0.526. The first kappa shape index (κ1) is 15.7. The number of rotatable bonds is 4. The average Bonchev–Trinajstić information content (AvgIpc) is 3.05. The summed E-state index contributed by atoms with van der Waals surface area (Å²) in [6.45, 7) is 12.6. The maximum Gasteiger partial charge on any atom is 0.236 e. The van der Waals surface area contributed by atoms with Gasteiger partial charge in [-0.05, 0) is 25.0 Å². The standard InChI is InChI=1S/C19H27N2S/c1-5-11-21-16-10-8-7-9-15(16)19(3,4)17(21)14-18-20(6-2)12-13-22-18/h7-10,14H,5-6,11-13H2,1-4H3/q+1. The molecule has 0 radical (unpaired) electrons. The number of thioether (sulfide) groups is 1. The third-order valence-corrected chi connectivity index (χ3v) is 5.87. The summed E-state index contributed by atoms with van der Waals surface area (Å²) in [5, 5.41) is 1.44. The number of hydrogen-bond acceptors (Lipinski definition) is 2. The van der Waals surface area contributed by atoms with E-state index in [0.717, 1.165) is 13.1 Å². The van der Waals surface area contributed by atoms with Crippen molar-refractivity contribution in [2.45, 2.75) is 39.5 Å². The van der Waals surface area contributed by atoms with Crippen molar-refractivity contribution in [3.8, 4) is 0 Å². The molecular weight excluding hydrogens is 288 g/mol. The van der Waals surface area contributed by atoms with Crippen LogP contribution in [0.25, 0.3) is 0 Å². The van der Waals surface area contributed by atoms with Crippen LogP contribution in [0.2, 0.25) is 0 Å². The van der Waals surface area contributed by atoms with E-state index < -0.39 is 0 Å². The zero-order valence-corrected chi connectivity index (χ0v) is 15.0. The van der Waals surface area contributed by atoms with E-state index in [2.05, 4.69) is 67.5 Å². The summed E-state index contributed by atoms with van der Waals surface area (Å²) in [5.74, 6) is 1.22. The molecule has 118 valence electrons. The van der Waals surface area contributed by atoms with Crippen LogP contribution in [0.3, 0.4) is 0 Å². The fourth-order valence-corrected chi connectivity index (χ4v) is 4.71. The van der Waals surface area contributed by atoms with Crippen LogP contribution < -0.4 is 4.90 Å². The normalized spacial score (nSPS) is 21.8. The lowest BCUT2D eigenvalue weighted by Gasteiger charge is -2.26. The molecule has 0 unspecified atom stereocenters. The highest BCUT2D eigenvalue weighted by molar-refractivity contribution is 8.14. The van der Waals surface area contributed by atoms with Crippen molar-refractivity contribution < 1.29 is 4.58 Å². The molecule has 3 rings (SSSR count). The predicted octanol–water partition coefficient (Wildman–Crippen LogP) is 4.26. The summed E-state index contributed by atoms with van der Waals surface area (Å²) in [5.41, 5.74) is 4.40. The molecule has 0 saturated carbocycles. The van der Waals surface area contributed by atoms with E-state index in [1.165, 1.54) is 40.7 Å². The summed E-state index contributed by atoms with van der Waals surface area (Å²) in [6, 6.07) is 8.90. The van der Waals surface area contributed by atoms with Gasteiger partial charge in [0, 0.05) is 29.4 Å². The molecule has 0 bridgehead atoms. The second kappa shape index (κ2) is 6.11. The Morgan fingerprint density at radius 3 is 2.77 bits per heavy atom. The lowest BCUT2D eigenvalue weighted by Crippen LogP contribution is -2.28. The van der Waals surface area contributed by atoms with Crippen molar-refractivity contribution >= 4 is 22.5 Å². The first-order valence-corrected chi connectivity index (χ1v) is 9.42. The number of hydrogen-bond donors (Lipinski definition) is 0. The molecule has 0 saturated heterocycles. The second-order valence-corrected chi connectivity index (χ2v) is 7.70. The van der Waals surface area contributed by atoms with Crippen molar-refractivity contribution in [1.29, 1.82) is 0 Å². The Kier molecular flexibility index (Phi) is 4.35. The van der Waals surface area contributed by atoms with E-state index in [-0.39, 0.29) is 5.41 Å². The quantitative estimate of drug-likeness (QED) is 0.766. The average molecular weight is 316 g/mol. The molecule has 22 heavy (non-hydrogen) atoms. The first-order chi connectivity index (χ1) is 10.6. The first-order valence-electron chi connectivity index (χ1n) is 8.43. The molecule has 0 spiro atoms. The van der Waals surface area contributed by atoms with E-state index >= 15 is 0 Å². The zero-order valence-electron chi connectivity index (χ0n) is 14.2. The largest absolute Gasteiger partial charge is 0.344 e. The topological polar surface area (TPSA) is 6.25 Å². The second-order valence-electron chi connectivity index (χ2n) is 6.59. The van der Waals surface area contributed by atoms with E-state index in [1.54, 1.807) is 0 Å². The molecule has 0 fully saturated rings. The van der Waals surface area contributed by atoms with Gasteiger partial charge in [0.25, 0.3) is 0 Å². The Labute approximate surface area is 138 Å². The highest BCUT2D eigenvalue weighted by Crippen LogP contribution is 2.47. The number of benzene rings is 1. The van der Waals surface area contributed by atoms with Crippen molar-refractivity contribution in [2.24, 2.45) is 0 Å². The maximum atomic E-state index is 2.54. The summed E-state index contributed by atoms with van der Waals surface area (Å²) < 4.78 is 2.50. The van der Waals surface area contributed by atoms with Crippen molar-refractivity contribution in [3.05, 3.63) is 41.6 Å². The van der Waals surface area contributed by atoms with Gasteiger partial charge in [0.05, 0.1) is 5.75 Å². The van der Waals surface area contributed by atoms with Gasteiger partial charge in [-0.25, -0.2) is 4.58 Å². The molecule has 2 aliphatic heterocycles. The van der Waals surface area contributed by atoms with Gasteiger partial charge < -0.3 is 4.90 Å². The minimum Gasteiger partial charge on any atom is -0.344 e. The van der Waals surface area contributed by atoms with Crippen molar-refractivity contribution in [1.82, 2.24) is 0 Å². The monoisotopic (exact) mass is 315 g/mol. The van der Waals surface area contributed by atoms with E-state index in [1.807, 2.05) is 11.8 Å². The molecule has 2 nitrogen and oxygen atoms in total. The van der Waals surface area contributed by atoms with Crippen LogP contribution in [0.15, 0.2) is 36.0 Å². The van der Waals surface area contributed by atoms with Gasteiger partial charge in [-0.15, -0.1) is 0 Å². The third kappa shape index (κ3) is 2.50. The summed E-state index contributed by atoms with van der Waals surface area (Å²) in [7, 11) is 0. The van der Waals surface area contributed by atoms with Crippen LogP contribution in [0.1, 0.15) is 39.7 Å². The third-order valence-electron chi connectivity index (χ3n) is 4.81. The van der Waals surface area contributed by atoms with Crippen LogP contribution in [0, 0.1) is 0 Å². The number of allylic oxidation sites excluding steroid dienone is 1. The van der Waals surface area contributed by atoms with Crippen LogP contribution in [0.5, 0.6) is 0 Å². The Morgan fingerprint density at radius 1 is 1.27 bits per heavy atom. The highest BCUT2D eigenvalue weighted by atomic mass is 32.2. The molecule has 2 aliphatic rings. The molecule has 0 amide bonds. The highest BCUT2D eigenvalue weighted by Gasteiger charge is 2.40. The van der Waals surface area contributed by atoms with Gasteiger partial charge in [-0.3, -0.25) is 0 Å². The molecule has 0 aliphatic carbocycles. The molecule has 0 N–H and O–H groups in total. The minimum atomic E-state index is 0.0846. The molecule has 2 heterocycles. The van der Waals surface area contributed by atoms with E-state index in [0.29, 0.717) is 0 Å². The van der Waals surface area contributed by atoms with Crippen LogP contribution in [-0.4, -0.2) is 35.0 Å². The van der Waals surface area contributed by atoms with Gasteiger partial charge in [0.2, 0.25) is 5.04 Å². The maximum absolute atomic E-state index is 2.54. The Bertz CT molecular complexity index is 628. The number of fused-ring (bicyclic) bond motifs is 1. The molecule has 3 heteroatoms. The molecule has 1 aromatic rings. The van der Waals surface area contributed by atoms with Gasteiger partial charge in [0.15, 0.2) is 6.54 Å². The van der Waals surface area contributed by atoms with Gasteiger partial charge in [0.1, 0.15) is 6.54 Å². The van der Waals surface area contributed by atoms with E-state index in [9.17, 15) is 0 Å². The predicted molar refractivity (Wildman–Crippen MR) is 98.3 cm³/mol. The fourth-order valence-electron chi connectivity index (χ4n) is 3.59. The van der Waals surface area contributed by atoms with Crippen LogP contribution in [0.4, 0.5) is 5.69 Å². The Morgan fingerprint density at radius 2 is 2.05 bits per heavy atom. The lowest BCUT2D eigenvalue weighted by atomic mass is 9.84. The van der Waals surface area contributed by atoms with Crippen molar-refractivity contribution in [2.75, 3.05) is 30.3 Å².